The molecule has 5 heteroatoms. The molecule has 0 unspecified atom stereocenters. The Morgan fingerprint density at radius 3 is 2.21 bits per heavy atom. The first kappa shape index (κ1) is 20.1. The lowest BCUT2D eigenvalue weighted by atomic mass is 9.96. The van der Waals surface area contributed by atoms with Crippen LogP contribution in [0.15, 0.2) is 89.4 Å². The average molecular weight is 440 g/mol. The van der Waals surface area contributed by atoms with Crippen molar-refractivity contribution in [2.24, 2.45) is 0 Å². The quantitative estimate of drug-likeness (QED) is 0.543. The summed E-state index contributed by atoms with van der Waals surface area (Å²) in [5.41, 5.74) is 2.65. The van der Waals surface area contributed by atoms with E-state index in [1.165, 1.54) is 0 Å². The number of carbonyl (C=O) groups excluding carboxylic acids is 1. The van der Waals surface area contributed by atoms with Crippen molar-refractivity contribution in [3.05, 3.63) is 106 Å². The van der Waals surface area contributed by atoms with Gasteiger partial charge in [-0.15, -0.1) is 0 Å². The molecule has 0 aliphatic rings. The van der Waals surface area contributed by atoms with E-state index in [0.29, 0.717) is 6.42 Å². The summed E-state index contributed by atoms with van der Waals surface area (Å²) in [6.07, 6.45) is -0.949. The van der Waals surface area contributed by atoms with Crippen LogP contribution in [0.2, 0.25) is 0 Å². The summed E-state index contributed by atoms with van der Waals surface area (Å²) >= 11 is 3.42. The van der Waals surface area contributed by atoms with Gasteiger partial charge in [-0.3, -0.25) is 0 Å². The Labute approximate surface area is 173 Å². The van der Waals surface area contributed by atoms with Gasteiger partial charge >= 0.3 is 6.09 Å². The molecule has 0 radical (unpaired) electrons. The van der Waals surface area contributed by atoms with E-state index in [-0.39, 0.29) is 6.61 Å². The van der Waals surface area contributed by atoms with Crippen molar-refractivity contribution in [3.63, 3.8) is 0 Å². The predicted molar refractivity (Wildman–Crippen MR) is 113 cm³/mol. The van der Waals surface area contributed by atoms with Gasteiger partial charge in [-0.1, -0.05) is 88.7 Å². The fourth-order valence-electron chi connectivity index (χ4n) is 2.95. The standard InChI is InChI=1S/C23H22BrNO3/c24-20-13-7-12-19(15-20)22(26)21(14-17-8-3-1-4-9-17)25-23(27)28-16-18-10-5-2-6-11-18/h1-13,15,21-22,26H,14,16H2,(H,25,27)/t21-,22+/m0/s1. The van der Waals surface area contributed by atoms with Crippen molar-refractivity contribution in [3.8, 4) is 0 Å². The molecule has 0 saturated heterocycles. The number of hydrogen-bond acceptors (Lipinski definition) is 3. The lowest BCUT2D eigenvalue weighted by Gasteiger charge is -2.24. The van der Waals surface area contributed by atoms with Gasteiger partial charge in [0.05, 0.1) is 12.1 Å². The van der Waals surface area contributed by atoms with E-state index in [4.69, 9.17) is 4.74 Å². The van der Waals surface area contributed by atoms with Gasteiger partial charge in [0.15, 0.2) is 0 Å². The topological polar surface area (TPSA) is 58.6 Å². The number of ether oxygens (including phenoxy) is 1. The maximum Gasteiger partial charge on any atom is 0.407 e. The highest BCUT2D eigenvalue weighted by atomic mass is 79.9. The number of aliphatic hydroxyl groups is 1. The predicted octanol–water partition coefficient (Wildman–Crippen LogP) is 5.02. The Bertz CT molecular complexity index is 887. The molecule has 0 heterocycles. The van der Waals surface area contributed by atoms with E-state index >= 15 is 0 Å². The van der Waals surface area contributed by atoms with Crippen LogP contribution >= 0.6 is 15.9 Å². The minimum atomic E-state index is -0.873. The molecule has 0 saturated carbocycles. The molecule has 144 valence electrons. The van der Waals surface area contributed by atoms with Crippen LogP contribution in [0.4, 0.5) is 4.79 Å². The number of halogens is 1. The smallest absolute Gasteiger partial charge is 0.407 e. The summed E-state index contributed by atoms with van der Waals surface area (Å²) in [6, 6.07) is 26.1. The Balaban J connectivity index is 1.70. The summed E-state index contributed by atoms with van der Waals surface area (Å²) in [4.78, 5) is 12.4. The first-order valence-corrected chi connectivity index (χ1v) is 9.86. The SMILES string of the molecule is O=C(N[C@@H](Cc1ccccc1)[C@H](O)c1cccc(Br)c1)OCc1ccccc1. The van der Waals surface area contributed by atoms with Crippen LogP contribution in [0.3, 0.4) is 0 Å². The number of hydrogen-bond donors (Lipinski definition) is 2. The van der Waals surface area contributed by atoms with E-state index in [9.17, 15) is 9.90 Å². The van der Waals surface area contributed by atoms with Gasteiger partial charge < -0.3 is 15.2 Å². The van der Waals surface area contributed by atoms with Crippen LogP contribution in [-0.2, 0) is 17.8 Å². The van der Waals surface area contributed by atoms with Gasteiger partial charge in [0, 0.05) is 4.47 Å². The zero-order valence-corrected chi connectivity index (χ0v) is 16.9. The van der Waals surface area contributed by atoms with E-state index in [1.807, 2.05) is 84.9 Å². The molecule has 0 aliphatic carbocycles. The highest BCUT2D eigenvalue weighted by Gasteiger charge is 2.24. The van der Waals surface area contributed by atoms with Gasteiger partial charge in [0.1, 0.15) is 6.61 Å². The largest absolute Gasteiger partial charge is 0.445 e. The second-order valence-electron chi connectivity index (χ2n) is 6.50. The van der Waals surface area contributed by atoms with Crippen LogP contribution in [0, 0.1) is 0 Å². The van der Waals surface area contributed by atoms with Crippen molar-refractivity contribution in [1.82, 2.24) is 5.32 Å². The molecular formula is C23H22BrNO3. The molecule has 0 aliphatic heterocycles. The van der Waals surface area contributed by atoms with Crippen molar-refractivity contribution < 1.29 is 14.6 Å². The molecule has 28 heavy (non-hydrogen) atoms. The number of benzene rings is 3. The highest BCUT2D eigenvalue weighted by Crippen LogP contribution is 2.23. The number of alkyl carbamates (subject to hydrolysis) is 1. The minimum Gasteiger partial charge on any atom is -0.445 e. The Morgan fingerprint density at radius 1 is 0.929 bits per heavy atom. The molecule has 0 fully saturated rings. The van der Waals surface area contributed by atoms with E-state index in [0.717, 1.165) is 21.2 Å². The molecule has 0 bridgehead atoms. The highest BCUT2D eigenvalue weighted by molar-refractivity contribution is 9.10. The van der Waals surface area contributed by atoms with Crippen molar-refractivity contribution in [2.45, 2.75) is 25.2 Å². The lowest BCUT2D eigenvalue weighted by molar-refractivity contribution is 0.101. The maximum atomic E-state index is 12.4. The number of carbonyl (C=O) groups is 1. The van der Waals surface area contributed by atoms with E-state index in [1.54, 1.807) is 0 Å². The Morgan fingerprint density at radius 2 is 1.57 bits per heavy atom. The number of amides is 1. The first-order chi connectivity index (χ1) is 13.6. The molecule has 0 spiro atoms. The lowest BCUT2D eigenvalue weighted by Crippen LogP contribution is -2.41. The van der Waals surface area contributed by atoms with Gasteiger partial charge in [-0.2, -0.15) is 0 Å². The van der Waals surface area contributed by atoms with E-state index < -0.39 is 18.2 Å². The van der Waals surface area contributed by atoms with Crippen LogP contribution in [0.25, 0.3) is 0 Å². The van der Waals surface area contributed by atoms with Crippen LogP contribution < -0.4 is 5.32 Å². The summed E-state index contributed by atoms with van der Waals surface area (Å²) in [6.45, 7) is 0.178. The monoisotopic (exact) mass is 439 g/mol. The normalized spacial score (nSPS) is 12.8. The van der Waals surface area contributed by atoms with Gasteiger partial charge in [0.25, 0.3) is 0 Å². The summed E-state index contributed by atoms with van der Waals surface area (Å²) in [5.74, 6) is 0. The second kappa shape index (κ2) is 10.1. The van der Waals surface area contributed by atoms with Gasteiger partial charge in [0.2, 0.25) is 0 Å². The molecule has 0 aromatic heterocycles. The fourth-order valence-corrected chi connectivity index (χ4v) is 3.37. The Kier molecular flexibility index (Phi) is 7.23. The van der Waals surface area contributed by atoms with Crippen LogP contribution in [0.5, 0.6) is 0 Å². The van der Waals surface area contributed by atoms with Crippen LogP contribution in [-0.4, -0.2) is 17.2 Å². The zero-order chi connectivity index (χ0) is 19.8. The Hall–Kier alpha value is -2.63. The third-order valence-electron chi connectivity index (χ3n) is 4.39. The first-order valence-electron chi connectivity index (χ1n) is 9.06. The molecular weight excluding hydrogens is 418 g/mol. The number of aliphatic hydroxyl groups excluding tert-OH is 1. The van der Waals surface area contributed by atoms with Crippen molar-refractivity contribution in [2.75, 3.05) is 0 Å². The van der Waals surface area contributed by atoms with Crippen molar-refractivity contribution in [1.29, 1.82) is 0 Å². The molecule has 2 atom stereocenters. The molecule has 3 aromatic carbocycles. The molecule has 3 rings (SSSR count). The second-order valence-corrected chi connectivity index (χ2v) is 7.42. The fraction of sp³-hybridized carbons (Fsp3) is 0.174. The van der Waals surface area contributed by atoms with E-state index in [2.05, 4.69) is 21.2 Å². The molecule has 3 aromatic rings. The summed E-state index contributed by atoms with van der Waals surface area (Å²) in [5, 5.41) is 13.7. The number of rotatable bonds is 7. The van der Waals surface area contributed by atoms with Gasteiger partial charge in [-0.05, 0) is 35.2 Å². The van der Waals surface area contributed by atoms with Crippen LogP contribution in [0.1, 0.15) is 22.8 Å². The summed E-state index contributed by atoms with van der Waals surface area (Å²) < 4.78 is 6.21. The molecule has 2 N–H and O–H groups in total. The third-order valence-corrected chi connectivity index (χ3v) is 4.88. The third kappa shape index (κ3) is 5.94. The maximum absolute atomic E-state index is 12.4. The van der Waals surface area contributed by atoms with Gasteiger partial charge in [-0.25, -0.2) is 4.79 Å². The zero-order valence-electron chi connectivity index (χ0n) is 15.3. The average Bonchev–Trinajstić information content (AvgIpc) is 2.73. The minimum absolute atomic E-state index is 0.178. The van der Waals surface area contributed by atoms with Crippen molar-refractivity contribution >= 4 is 22.0 Å². The molecule has 4 nitrogen and oxygen atoms in total. The summed E-state index contributed by atoms with van der Waals surface area (Å²) in [7, 11) is 0. The molecule has 1 amide bonds. The number of nitrogens with one attached hydrogen (secondary N) is 1.